The van der Waals surface area contributed by atoms with E-state index >= 15 is 0 Å². The SMILES string of the molecule is COc1cccc(OC)c1C(=O)Nc1ccc(C(=O)O)s1. The molecule has 0 aliphatic rings. The topological polar surface area (TPSA) is 84.9 Å². The van der Waals surface area contributed by atoms with Gasteiger partial charge in [0.15, 0.2) is 0 Å². The molecule has 0 saturated heterocycles. The lowest BCUT2D eigenvalue weighted by Gasteiger charge is -2.12. The van der Waals surface area contributed by atoms with Gasteiger partial charge in [0.05, 0.1) is 19.2 Å². The van der Waals surface area contributed by atoms with Crippen molar-refractivity contribution in [3.63, 3.8) is 0 Å². The van der Waals surface area contributed by atoms with Gasteiger partial charge in [-0.25, -0.2) is 4.79 Å². The highest BCUT2D eigenvalue weighted by Crippen LogP contribution is 2.30. The van der Waals surface area contributed by atoms with Gasteiger partial charge in [-0.3, -0.25) is 4.79 Å². The van der Waals surface area contributed by atoms with E-state index in [0.717, 1.165) is 11.3 Å². The molecule has 1 aromatic carbocycles. The van der Waals surface area contributed by atoms with Gasteiger partial charge in [-0.2, -0.15) is 0 Å². The van der Waals surface area contributed by atoms with Gasteiger partial charge >= 0.3 is 5.97 Å². The van der Waals surface area contributed by atoms with E-state index in [9.17, 15) is 9.59 Å². The van der Waals surface area contributed by atoms with E-state index in [2.05, 4.69) is 5.32 Å². The molecular weight excluding hydrogens is 294 g/mol. The number of carbonyl (C=O) groups excluding carboxylic acids is 1. The van der Waals surface area contributed by atoms with E-state index in [1.165, 1.54) is 26.4 Å². The number of carboxylic acid groups (broad SMARTS) is 1. The number of carbonyl (C=O) groups is 2. The first kappa shape index (κ1) is 14.9. The van der Waals surface area contributed by atoms with Gasteiger partial charge in [0.2, 0.25) is 0 Å². The summed E-state index contributed by atoms with van der Waals surface area (Å²) in [6, 6.07) is 7.97. The third kappa shape index (κ3) is 3.14. The van der Waals surface area contributed by atoms with Gasteiger partial charge in [-0.1, -0.05) is 6.07 Å². The summed E-state index contributed by atoms with van der Waals surface area (Å²) in [5.74, 6) is -0.706. The number of hydrogen-bond donors (Lipinski definition) is 2. The Morgan fingerprint density at radius 2 is 1.71 bits per heavy atom. The summed E-state index contributed by atoms with van der Waals surface area (Å²) in [5.41, 5.74) is 0.257. The van der Waals surface area contributed by atoms with Gasteiger partial charge in [-0.05, 0) is 24.3 Å². The van der Waals surface area contributed by atoms with E-state index in [-0.39, 0.29) is 10.4 Å². The first-order valence-corrected chi connectivity index (χ1v) is 6.74. The molecule has 2 aromatic rings. The van der Waals surface area contributed by atoms with Crippen molar-refractivity contribution in [3.05, 3.63) is 40.8 Å². The van der Waals surface area contributed by atoms with Gasteiger partial charge in [0.1, 0.15) is 21.9 Å². The number of thiophene rings is 1. The molecule has 6 nitrogen and oxygen atoms in total. The van der Waals surface area contributed by atoms with Crippen molar-refractivity contribution >= 4 is 28.2 Å². The van der Waals surface area contributed by atoms with Gasteiger partial charge in [0, 0.05) is 0 Å². The van der Waals surface area contributed by atoms with Crippen molar-refractivity contribution in [1.82, 2.24) is 0 Å². The van der Waals surface area contributed by atoms with E-state index in [1.807, 2.05) is 0 Å². The zero-order valence-corrected chi connectivity index (χ0v) is 12.2. The number of amides is 1. The third-order valence-corrected chi connectivity index (χ3v) is 3.70. The van der Waals surface area contributed by atoms with Crippen molar-refractivity contribution in [2.75, 3.05) is 19.5 Å². The van der Waals surface area contributed by atoms with Crippen molar-refractivity contribution in [2.24, 2.45) is 0 Å². The minimum Gasteiger partial charge on any atom is -0.496 e. The lowest BCUT2D eigenvalue weighted by molar-refractivity contribution is 0.0702. The lowest BCUT2D eigenvalue weighted by atomic mass is 10.1. The molecule has 0 bridgehead atoms. The maximum Gasteiger partial charge on any atom is 0.345 e. The van der Waals surface area contributed by atoms with Crippen LogP contribution in [0.5, 0.6) is 11.5 Å². The van der Waals surface area contributed by atoms with Crippen molar-refractivity contribution in [1.29, 1.82) is 0 Å². The molecule has 0 unspecified atom stereocenters. The number of carboxylic acids is 1. The second-order valence-electron chi connectivity index (χ2n) is 3.96. The fraction of sp³-hybridized carbons (Fsp3) is 0.143. The second kappa shape index (κ2) is 6.27. The molecule has 0 aliphatic carbocycles. The minimum absolute atomic E-state index is 0.150. The third-order valence-electron chi connectivity index (χ3n) is 2.71. The number of methoxy groups -OCH3 is 2. The lowest BCUT2D eigenvalue weighted by Crippen LogP contribution is -2.13. The van der Waals surface area contributed by atoms with E-state index in [1.54, 1.807) is 18.2 Å². The summed E-state index contributed by atoms with van der Waals surface area (Å²) in [6.45, 7) is 0. The van der Waals surface area contributed by atoms with Crippen LogP contribution in [0.25, 0.3) is 0 Å². The molecule has 1 heterocycles. The maximum absolute atomic E-state index is 12.3. The highest BCUT2D eigenvalue weighted by Gasteiger charge is 2.19. The molecule has 7 heteroatoms. The van der Waals surface area contributed by atoms with E-state index in [4.69, 9.17) is 14.6 Å². The Morgan fingerprint density at radius 1 is 1.10 bits per heavy atom. The standard InChI is InChI=1S/C14H13NO5S/c1-19-8-4-3-5-9(20-2)12(8)13(16)15-11-7-6-10(21-11)14(17)18/h3-7H,1-2H3,(H,15,16)(H,17,18). The summed E-state index contributed by atoms with van der Waals surface area (Å²) < 4.78 is 10.3. The minimum atomic E-state index is -1.03. The zero-order chi connectivity index (χ0) is 15.4. The number of benzene rings is 1. The molecule has 0 spiro atoms. The highest BCUT2D eigenvalue weighted by atomic mass is 32.1. The van der Waals surface area contributed by atoms with Crippen LogP contribution in [0.4, 0.5) is 5.00 Å². The number of nitrogens with one attached hydrogen (secondary N) is 1. The maximum atomic E-state index is 12.3. The molecule has 21 heavy (non-hydrogen) atoms. The number of aromatic carboxylic acids is 1. The van der Waals surface area contributed by atoms with Crippen LogP contribution in [0.3, 0.4) is 0 Å². The first-order chi connectivity index (χ1) is 10.1. The Bertz CT molecular complexity index is 658. The fourth-order valence-electron chi connectivity index (χ4n) is 1.77. The number of rotatable bonds is 5. The zero-order valence-electron chi connectivity index (χ0n) is 11.4. The monoisotopic (exact) mass is 307 g/mol. The molecule has 110 valence electrons. The highest BCUT2D eigenvalue weighted by molar-refractivity contribution is 7.18. The number of hydrogen-bond acceptors (Lipinski definition) is 5. The molecule has 0 aliphatic heterocycles. The van der Waals surface area contributed by atoms with Crippen LogP contribution in [0.15, 0.2) is 30.3 Å². The number of ether oxygens (including phenoxy) is 2. The van der Waals surface area contributed by atoms with Gasteiger partial charge in [-0.15, -0.1) is 11.3 Å². The Morgan fingerprint density at radius 3 is 2.19 bits per heavy atom. The van der Waals surface area contributed by atoms with Crippen molar-refractivity contribution in [2.45, 2.75) is 0 Å². The fourth-order valence-corrected chi connectivity index (χ4v) is 2.51. The quantitative estimate of drug-likeness (QED) is 0.887. The first-order valence-electron chi connectivity index (χ1n) is 5.92. The largest absolute Gasteiger partial charge is 0.496 e. The summed E-state index contributed by atoms with van der Waals surface area (Å²) in [7, 11) is 2.92. The second-order valence-corrected chi connectivity index (χ2v) is 5.04. The predicted molar refractivity (Wildman–Crippen MR) is 78.8 cm³/mol. The van der Waals surface area contributed by atoms with Crippen molar-refractivity contribution in [3.8, 4) is 11.5 Å². The van der Waals surface area contributed by atoms with Gasteiger partial charge in [0.25, 0.3) is 5.91 Å². The van der Waals surface area contributed by atoms with Crippen LogP contribution in [0.2, 0.25) is 0 Å². The normalized spacial score (nSPS) is 10.0. The Hall–Kier alpha value is -2.54. The summed E-state index contributed by atoms with van der Waals surface area (Å²) >= 11 is 0.978. The molecule has 1 amide bonds. The van der Waals surface area contributed by atoms with Crippen molar-refractivity contribution < 1.29 is 24.2 Å². The molecule has 1 aromatic heterocycles. The van der Waals surface area contributed by atoms with Crippen LogP contribution in [0.1, 0.15) is 20.0 Å². The molecule has 0 radical (unpaired) electrons. The van der Waals surface area contributed by atoms with Crippen LogP contribution < -0.4 is 14.8 Å². The van der Waals surface area contributed by atoms with Crippen LogP contribution >= 0.6 is 11.3 Å². The molecule has 0 atom stereocenters. The molecule has 2 rings (SSSR count). The Labute approximate surface area is 124 Å². The van der Waals surface area contributed by atoms with Crippen LogP contribution in [0, 0.1) is 0 Å². The summed E-state index contributed by atoms with van der Waals surface area (Å²) in [4.78, 5) is 23.3. The molecular formula is C14H13NO5S. The molecule has 0 fully saturated rings. The predicted octanol–water partition coefficient (Wildman–Crippen LogP) is 2.72. The Kier molecular flexibility index (Phi) is 4.44. The van der Waals surface area contributed by atoms with Gasteiger partial charge < -0.3 is 19.9 Å². The molecule has 0 saturated carbocycles. The summed E-state index contributed by atoms with van der Waals surface area (Å²) in [6.07, 6.45) is 0. The number of anilines is 1. The van der Waals surface area contributed by atoms with Crippen LogP contribution in [-0.2, 0) is 0 Å². The Balaban J connectivity index is 2.29. The smallest absolute Gasteiger partial charge is 0.345 e. The van der Waals surface area contributed by atoms with E-state index in [0.29, 0.717) is 16.5 Å². The average molecular weight is 307 g/mol. The summed E-state index contributed by atoms with van der Waals surface area (Å²) in [5, 5.41) is 11.9. The van der Waals surface area contributed by atoms with E-state index < -0.39 is 11.9 Å². The molecule has 2 N–H and O–H groups in total. The average Bonchev–Trinajstić information content (AvgIpc) is 2.94. The van der Waals surface area contributed by atoms with Crippen LogP contribution in [-0.4, -0.2) is 31.2 Å².